The maximum Gasteiger partial charge on any atom is 0.342 e. The van der Waals surface area contributed by atoms with E-state index in [1.165, 1.54) is 5.01 Å². The van der Waals surface area contributed by atoms with Crippen molar-refractivity contribution < 1.29 is 19.0 Å². The molecule has 190 valence electrons. The summed E-state index contributed by atoms with van der Waals surface area (Å²) >= 11 is 5.93. The fraction of sp³-hybridized carbons (Fsp3) is 0.133. The number of rotatable bonds is 5. The number of benzene rings is 4. The van der Waals surface area contributed by atoms with E-state index in [4.69, 9.17) is 30.9 Å². The first kappa shape index (κ1) is 23.9. The molecule has 2 aliphatic rings. The Hall–Kier alpha value is -4.49. The molecule has 0 fully saturated rings. The van der Waals surface area contributed by atoms with Gasteiger partial charge in [0.1, 0.15) is 24.7 Å². The van der Waals surface area contributed by atoms with Crippen LogP contribution >= 0.6 is 11.6 Å². The van der Waals surface area contributed by atoms with Gasteiger partial charge in [-0.2, -0.15) is 5.10 Å². The highest BCUT2D eigenvalue weighted by Crippen LogP contribution is 2.35. The van der Waals surface area contributed by atoms with E-state index in [0.29, 0.717) is 53.5 Å². The summed E-state index contributed by atoms with van der Waals surface area (Å²) in [4.78, 5) is 13.2. The molecule has 38 heavy (non-hydrogen) atoms. The first-order valence-electron chi connectivity index (χ1n) is 12.3. The van der Waals surface area contributed by atoms with E-state index < -0.39 is 0 Å². The Balaban J connectivity index is 1.20. The van der Waals surface area contributed by atoms with Gasteiger partial charge in [-0.25, -0.2) is 9.80 Å². The normalized spacial score (nSPS) is 16.1. The minimum absolute atomic E-state index is 0.0836. The Kier molecular flexibility index (Phi) is 6.58. The van der Waals surface area contributed by atoms with Crippen LogP contribution in [0.25, 0.3) is 0 Å². The number of anilines is 1. The molecule has 0 saturated carbocycles. The standard InChI is InChI=1S/C30H24ClN3O4/c31-22-7-11-24(12-8-22)38-25-13-9-23(10-14-25)32-30(35)34-19-26(20-4-2-1-3-5-20)29(33-34)21-6-15-27-28(18-21)37-17-16-36-27/h1-15,18,26H,16-17,19H2,(H,32,35). The van der Waals surface area contributed by atoms with Gasteiger partial charge in [0, 0.05) is 22.2 Å². The molecule has 0 spiro atoms. The molecule has 0 bridgehead atoms. The van der Waals surface area contributed by atoms with Gasteiger partial charge >= 0.3 is 6.03 Å². The van der Waals surface area contributed by atoms with Gasteiger partial charge < -0.3 is 19.5 Å². The van der Waals surface area contributed by atoms with Crippen molar-refractivity contribution in [2.45, 2.75) is 5.92 Å². The molecule has 2 heterocycles. The molecule has 4 aromatic carbocycles. The van der Waals surface area contributed by atoms with Crippen molar-refractivity contribution in [1.82, 2.24) is 5.01 Å². The van der Waals surface area contributed by atoms with Gasteiger partial charge in [0.15, 0.2) is 11.5 Å². The average Bonchev–Trinajstić information content (AvgIpc) is 3.41. The molecule has 4 aromatic rings. The van der Waals surface area contributed by atoms with Crippen LogP contribution in [-0.4, -0.2) is 36.5 Å². The molecule has 6 rings (SSSR count). The fourth-order valence-corrected chi connectivity index (χ4v) is 4.60. The number of nitrogens with zero attached hydrogens (tertiary/aromatic N) is 2. The Labute approximate surface area is 225 Å². The van der Waals surface area contributed by atoms with Crippen molar-refractivity contribution in [3.63, 3.8) is 0 Å². The summed E-state index contributed by atoms with van der Waals surface area (Å²) < 4.78 is 17.3. The molecule has 0 saturated heterocycles. The maximum absolute atomic E-state index is 13.2. The number of fused-ring (bicyclic) bond motifs is 1. The van der Waals surface area contributed by atoms with Gasteiger partial charge in [0.05, 0.1) is 12.3 Å². The van der Waals surface area contributed by atoms with Gasteiger partial charge in [0.25, 0.3) is 0 Å². The Morgan fingerprint density at radius 3 is 2.29 bits per heavy atom. The van der Waals surface area contributed by atoms with Gasteiger partial charge in [-0.1, -0.05) is 41.9 Å². The Morgan fingerprint density at radius 1 is 0.868 bits per heavy atom. The molecule has 0 aromatic heterocycles. The van der Waals surface area contributed by atoms with Crippen LogP contribution in [0.4, 0.5) is 10.5 Å². The molecular formula is C30H24ClN3O4. The predicted octanol–water partition coefficient (Wildman–Crippen LogP) is 6.94. The largest absolute Gasteiger partial charge is 0.486 e. The smallest absolute Gasteiger partial charge is 0.342 e. The third kappa shape index (κ3) is 5.14. The topological polar surface area (TPSA) is 72.4 Å². The van der Waals surface area contributed by atoms with E-state index in [2.05, 4.69) is 17.4 Å². The van der Waals surface area contributed by atoms with Gasteiger partial charge in [-0.3, -0.25) is 0 Å². The highest BCUT2D eigenvalue weighted by atomic mass is 35.5. The summed E-state index contributed by atoms with van der Waals surface area (Å²) in [5.74, 6) is 2.64. The van der Waals surface area contributed by atoms with Crippen molar-refractivity contribution in [3.05, 3.63) is 113 Å². The van der Waals surface area contributed by atoms with Gasteiger partial charge in [-0.05, 0) is 72.3 Å². The number of carbonyl (C=O) groups excluding carboxylic acids is 1. The maximum atomic E-state index is 13.2. The quantitative estimate of drug-likeness (QED) is 0.306. The monoisotopic (exact) mass is 525 g/mol. The lowest BCUT2D eigenvalue weighted by Gasteiger charge is -2.20. The molecule has 1 N–H and O–H groups in total. The first-order valence-corrected chi connectivity index (χ1v) is 12.7. The third-order valence-corrected chi connectivity index (χ3v) is 6.60. The zero-order valence-electron chi connectivity index (χ0n) is 20.3. The van der Waals surface area contributed by atoms with Crippen molar-refractivity contribution in [1.29, 1.82) is 0 Å². The number of urea groups is 1. The minimum Gasteiger partial charge on any atom is -0.486 e. The van der Waals surface area contributed by atoms with Crippen LogP contribution in [0, 0.1) is 0 Å². The molecule has 8 heteroatoms. The second kappa shape index (κ2) is 10.5. The molecule has 0 aliphatic carbocycles. The third-order valence-electron chi connectivity index (χ3n) is 6.34. The highest BCUT2D eigenvalue weighted by molar-refractivity contribution is 6.30. The van der Waals surface area contributed by atoms with E-state index >= 15 is 0 Å². The molecule has 1 unspecified atom stereocenters. The molecule has 2 aliphatic heterocycles. The number of halogens is 1. The van der Waals surface area contributed by atoms with E-state index in [1.54, 1.807) is 48.5 Å². The lowest BCUT2D eigenvalue weighted by molar-refractivity contribution is 0.171. The number of hydrazone groups is 1. The summed E-state index contributed by atoms with van der Waals surface area (Å²) in [6, 6.07) is 29.9. The van der Waals surface area contributed by atoms with Crippen LogP contribution in [0.15, 0.2) is 102 Å². The number of hydrogen-bond acceptors (Lipinski definition) is 5. The average molecular weight is 526 g/mol. The van der Waals surface area contributed by atoms with Crippen LogP contribution in [-0.2, 0) is 0 Å². The molecular weight excluding hydrogens is 502 g/mol. The van der Waals surface area contributed by atoms with E-state index in [0.717, 1.165) is 16.8 Å². The van der Waals surface area contributed by atoms with Crippen molar-refractivity contribution >= 4 is 29.0 Å². The number of carbonyl (C=O) groups is 1. The van der Waals surface area contributed by atoms with E-state index in [9.17, 15) is 4.79 Å². The van der Waals surface area contributed by atoms with Crippen molar-refractivity contribution in [3.8, 4) is 23.0 Å². The molecule has 7 nitrogen and oxygen atoms in total. The molecule has 0 radical (unpaired) electrons. The van der Waals surface area contributed by atoms with Crippen LogP contribution in [0.2, 0.25) is 5.02 Å². The molecule has 2 amide bonds. The van der Waals surface area contributed by atoms with E-state index in [-0.39, 0.29) is 11.9 Å². The summed E-state index contributed by atoms with van der Waals surface area (Å²) in [5.41, 5.74) is 3.41. The van der Waals surface area contributed by atoms with E-state index in [1.807, 2.05) is 36.4 Å². The minimum atomic E-state index is -0.315. The second-order valence-corrected chi connectivity index (χ2v) is 9.34. The number of nitrogens with one attached hydrogen (secondary N) is 1. The van der Waals surface area contributed by atoms with Crippen molar-refractivity contribution in [2.75, 3.05) is 25.1 Å². The molecule has 1 atom stereocenters. The first-order chi connectivity index (χ1) is 18.6. The van der Waals surface area contributed by atoms with Gasteiger partial charge in [-0.15, -0.1) is 0 Å². The second-order valence-electron chi connectivity index (χ2n) is 8.90. The summed E-state index contributed by atoms with van der Waals surface area (Å²) in [7, 11) is 0. The van der Waals surface area contributed by atoms with Crippen LogP contribution in [0.5, 0.6) is 23.0 Å². The van der Waals surface area contributed by atoms with Crippen LogP contribution < -0.4 is 19.5 Å². The zero-order chi connectivity index (χ0) is 25.9. The van der Waals surface area contributed by atoms with Crippen LogP contribution in [0.1, 0.15) is 17.0 Å². The Morgan fingerprint density at radius 2 is 1.55 bits per heavy atom. The predicted molar refractivity (Wildman–Crippen MR) is 147 cm³/mol. The van der Waals surface area contributed by atoms with Crippen molar-refractivity contribution in [2.24, 2.45) is 5.10 Å². The number of hydrogen-bond donors (Lipinski definition) is 1. The zero-order valence-corrected chi connectivity index (χ0v) is 21.1. The number of amides is 2. The summed E-state index contributed by atoms with van der Waals surface area (Å²) in [6.45, 7) is 1.45. The SMILES string of the molecule is O=C(Nc1ccc(Oc2ccc(Cl)cc2)cc1)N1CC(c2ccccc2)C(c2ccc3c(c2)OCCO3)=N1. The fourth-order valence-electron chi connectivity index (χ4n) is 4.47. The highest BCUT2D eigenvalue weighted by Gasteiger charge is 2.33. The Bertz CT molecular complexity index is 1470. The lowest BCUT2D eigenvalue weighted by atomic mass is 9.90. The van der Waals surface area contributed by atoms with Crippen LogP contribution in [0.3, 0.4) is 0 Å². The number of ether oxygens (including phenoxy) is 3. The van der Waals surface area contributed by atoms with Gasteiger partial charge in [0.2, 0.25) is 0 Å². The summed E-state index contributed by atoms with van der Waals surface area (Å²) in [5, 5.41) is 9.81. The lowest BCUT2D eigenvalue weighted by Crippen LogP contribution is -2.30. The summed E-state index contributed by atoms with van der Waals surface area (Å²) in [6.07, 6.45) is 0.